The van der Waals surface area contributed by atoms with Crippen LogP contribution in [0.5, 0.6) is 0 Å². The van der Waals surface area contributed by atoms with Crippen molar-refractivity contribution in [3.05, 3.63) is 29.0 Å². The standard InChI is InChI=1S/C11H14ClFN2O2/c1-17-8(6-14)5-11(16)15-7-2-3-10(13)9(12)4-7/h2-4,8H,5-6,14H2,1H3,(H,15,16). The molecule has 1 aromatic rings. The predicted octanol–water partition coefficient (Wildman–Crippen LogP) is 1.78. The van der Waals surface area contributed by atoms with Gasteiger partial charge in [0.2, 0.25) is 5.91 Å². The van der Waals surface area contributed by atoms with Gasteiger partial charge in [-0.3, -0.25) is 4.79 Å². The Morgan fingerprint density at radius 2 is 2.35 bits per heavy atom. The lowest BCUT2D eigenvalue weighted by Gasteiger charge is -2.12. The van der Waals surface area contributed by atoms with Crippen LogP contribution in [0.4, 0.5) is 10.1 Å². The molecule has 0 aliphatic carbocycles. The van der Waals surface area contributed by atoms with Crippen molar-refractivity contribution in [1.82, 2.24) is 0 Å². The van der Waals surface area contributed by atoms with Gasteiger partial charge in [-0.05, 0) is 18.2 Å². The van der Waals surface area contributed by atoms with Crippen molar-refractivity contribution in [2.75, 3.05) is 19.0 Å². The molecule has 1 amide bonds. The molecule has 0 radical (unpaired) electrons. The number of methoxy groups -OCH3 is 1. The lowest BCUT2D eigenvalue weighted by atomic mass is 10.2. The van der Waals surface area contributed by atoms with Gasteiger partial charge in [-0.2, -0.15) is 0 Å². The summed E-state index contributed by atoms with van der Waals surface area (Å²) in [6, 6.07) is 3.97. The van der Waals surface area contributed by atoms with Crippen LogP contribution in [-0.2, 0) is 9.53 Å². The SMILES string of the molecule is COC(CN)CC(=O)Nc1ccc(F)c(Cl)c1. The van der Waals surface area contributed by atoms with E-state index in [4.69, 9.17) is 22.1 Å². The van der Waals surface area contributed by atoms with Crippen LogP contribution in [0.1, 0.15) is 6.42 Å². The molecule has 0 spiro atoms. The van der Waals surface area contributed by atoms with Crippen molar-refractivity contribution in [3.63, 3.8) is 0 Å². The fraction of sp³-hybridized carbons (Fsp3) is 0.364. The lowest BCUT2D eigenvalue weighted by molar-refractivity contribution is -0.118. The van der Waals surface area contributed by atoms with Crippen LogP contribution in [-0.4, -0.2) is 25.7 Å². The van der Waals surface area contributed by atoms with E-state index in [1.807, 2.05) is 0 Å². The zero-order chi connectivity index (χ0) is 12.8. The number of anilines is 1. The van der Waals surface area contributed by atoms with Gasteiger partial charge in [-0.1, -0.05) is 11.6 Å². The monoisotopic (exact) mass is 260 g/mol. The van der Waals surface area contributed by atoms with Crippen LogP contribution in [0.2, 0.25) is 5.02 Å². The maximum atomic E-state index is 12.9. The average Bonchev–Trinajstić information content (AvgIpc) is 2.31. The molecule has 17 heavy (non-hydrogen) atoms. The Morgan fingerprint density at radius 1 is 1.65 bits per heavy atom. The molecular weight excluding hydrogens is 247 g/mol. The summed E-state index contributed by atoms with van der Waals surface area (Å²) in [5, 5.41) is 2.55. The largest absolute Gasteiger partial charge is 0.380 e. The number of halogens is 2. The van der Waals surface area contributed by atoms with E-state index in [2.05, 4.69) is 5.32 Å². The summed E-state index contributed by atoms with van der Waals surface area (Å²) in [6.45, 7) is 0.258. The van der Waals surface area contributed by atoms with Gasteiger partial charge < -0.3 is 15.8 Å². The van der Waals surface area contributed by atoms with Gasteiger partial charge in [-0.25, -0.2) is 4.39 Å². The van der Waals surface area contributed by atoms with Crippen molar-refractivity contribution in [2.24, 2.45) is 5.73 Å². The Labute approximate surface area is 104 Å². The molecule has 0 aromatic heterocycles. The molecule has 94 valence electrons. The predicted molar refractivity (Wildman–Crippen MR) is 64.5 cm³/mol. The van der Waals surface area contributed by atoms with Crippen LogP contribution in [0.25, 0.3) is 0 Å². The van der Waals surface area contributed by atoms with Crippen LogP contribution >= 0.6 is 11.6 Å². The number of amides is 1. The van der Waals surface area contributed by atoms with Gasteiger partial charge in [0.05, 0.1) is 17.5 Å². The first-order valence-corrected chi connectivity index (χ1v) is 5.42. The summed E-state index contributed by atoms with van der Waals surface area (Å²) in [6.07, 6.45) is -0.187. The molecule has 1 aromatic carbocycles. The molecule has 1 unspecified atom stereocenters. The van der Waals surface area contributed by atoms with E-state index in [1.54, 1.807) is 0 Å². The smallest absolute Gasteiger partial charge is 0.227 e. The van der Waals surface area contributed by atoms with Crippen LogP contribution in [0.15, 0.2) is 18.2 Å². The number of hydrogen-bond acceptors (Lipinski definition) is 3. The van der Waals surface area contributed by atoms with Gasteiger partial charge in [0, 0.05) is 19.3 Å². The lowest BCUT2D eigenvalue weighted by Crippen LogP contribution is -2.28. The number of nitrogens with one attached hydrogen (secondary N) is 1. The molecule has 3 N–H and O–H groups in total. The van der Waals surface area contributed by atoms with Crippen LogP contribution in [0, 0.1) is 5.82 Å². The topological polar surface area (TPSA) is 64.3 Å². The zero-order valence-corrected chi connectivity index (χ0v) is 10.1. The number of nitrogens with two attached hydrogens (primary N) is 1. The van der Waals surface area contributed by atoms with E-state index in [0.29, 0.717) is 5.69 Å². The Morgan fingerprint density at radius 3 is 2.88 bits per heavy atom. The van der Waals surface area contributed by atoms with Gasteiger partial charge >= 0.3 is 0 Å². The summed E-state index contributed by atoms with van der Waals surface area (Å²) in [4.78, 5) is 11.6. The summed E-state index contributed by atoms with van der Waals surface area (Å²) in [5.74, 6) is -0.786. The highest BCUT2D eigenvalue weighted by Gasteiger charge is 2.12. The molecule has 4 nitrogen and oxygen atoms in total. The Kier molecular flexibility index (Phi) is 5.34. The molecular formula is C11H14ClFN2O2. The fourth-order valence-electron chi connectivity index (χ4n) is 1.26. The third-order valence-electron chi connectivity index (χ3n) is 2.21. The normalized spacial score (nSPS) is 12.2. The van der Waals surface area contributed by atoms with E-state index in [-0.39, 0.29) is 30.0 Å². The van der Waals surface area contributed by atoms with Crippen molar-refractivity contribution in [1.29, 1.82) is 0 Å². The highest BCUT2D eigenvalue weighted by atomic mass is 35.5. The third-order valence-corrected chi connectivity index (χ3v) is 2.50. The Balaban J connectivity index is 2.58. The summed E-state index contributed by atoms with van der Waals surface area (Å²) >= 11 is 5.59. The van der Waals surface area contributed by atoms with Crippen molar-refractivity contribution in [2.45, 2.75) is 12.5 Å². The second-order valence-electron chi connectivity index (χ2n) is 3.47. The minimum absolute atomic E-state index is 0.0371. The molecule has 1 atom stereocenters. The maximum absolute atomic E-state index is 12.9. The molecule has 0 bridgehead atoms. The van der Waals surface area contributed by atoms with Crippen LogP contribution in [0.3, 0.4) is 0 Å². The number of carbonyl (C=O) groups is 1. The second kappa shape index (κ2) is 6.54. The molecule has 1 rings (SSSR count). The molecule has 0 fully saturated rings. The van der Waals surface area contributed by atoms with E-state index in [1.165, 1.54) is 25.3 Å². The van der Waals surface area contributed by atoms with Crippen LogP contribution < -0.4 is 11.1 Å². The third kappa shape index (κ3) is 4.30. The summed E-state index contributed by atoms with van der Waals surface area (Å²) in [5.41, 5.74) is 5.83. The maximum Gasteiger partial charge on any atom is 0.227 e. The fourth-order valence-corrected chi connectivity index (χ4v) is 1.44. The van der Waals surface area contributed by atoms with E-state index in [0.717, 1.165) is 0 Å². The number of benzene rings is 1. The van der Waals surface area contributed by atoms with Gasteiger partial charge in [0.1, 0.15) is 5.82 Å². The quantitative estimate of drug-likeness (QED) is 0.848. The zero-order valence-electron chi connectivity index (χ0n) is 9.37. The molecule has 6 heteroatoms. The highest BCUT2D eigenvalue weighted by Crippen LogP contribution is 2.19. The molecule has 0 aliphatic rings. The second-order valence-corrected chi connectivity index (χ2v) is 3.88. The number of rotatable bonds is 5. The first kappa shape index (κ1) is 13.9. The molecule has 0 saturated carbocycles. The summed E-state index contributed by atoms with van der Waals surface area (Å²) < 4.78 is 17.9. The Hall–Kier alpha value is -1.17. The molecule has 0 aliphatic heterocycles. The van der Waals surface area contributed by atoms with E-state index in [9.17, 15) is 9.18 Å². The summed E-state index contributed by atoms with van der Waals surface area (Å²) in [7, 11) is 1.49. The highest BCUT2D eigenvalue weighted by molar-refractivity contribution is 6.31. The average molecular weight is 261 g/mol. The van der Waals surface area contributed by atoms with Gasteiger partial charge in [-0.15, -0.1) is 0 Å². The van der Waals surface area contributed by atoms with Crippen molar-refractivity contribution >= 4 is 23.2 Å². The number of carbonyl (C=O) groups excluding carboxylic acids is 1. The van der Waals surface area contributed by atoms with Gasteiger partial charge in [0.15, 0.2) is 0 Å². The molecule has 0 heterocycles. The van der Waals surface area contributed by atoms with E-state index >= 15 is 0 Å². The number of hydrogen-bond donors (Lipinski definition) is 2. The van der Waals surface area contributed by atoms with Gasteiger partial charge in [0.25, 0.3) is 0 Å². The first-order chi connectivity index (χ1) is 8.06. The Bertz CT molecular complexity index is 397. The van der Waals surface area contributed by atoms with Crippen molar-refractivity contribution < 1.29 is 13.9 Å². The van der Waals surface area contributed by atoms with E-state index < -0.39 is 5.82 Å². The first-order valence-electron chi connectivity index (χ1n) is 5.04. The number of ether oxygens (including phenoxy) is 1. The minimum atomic E-state index is -0.526. The minimum Gasteiger partial charge on any atom is -0.380 e. The van der Waals surface area contributed by atoms with Crippen molar-refractivity contribution in [3.8, 4) is 0 Å². The molecule has 0 saturated heterocycles.